The maximum absolute atomic E-state index is 9.03. The van der Waals surface area contributed by atoms with Crippen LogP contribution in [0.25, 0.3) is 5.52 Å². The lowest BCUT2D eigenvalue weighted by atomic mass is 10.3. The zero-order valence-corrected chi connectivity index (χ0v) is 9.36. The van der Waals surface area contributed by atoms with Crippen LogP contribution in [0, 0.1) is 11.3 Å². The van der Waals surface area contributed by atoms with Crippen molar-refractivity contribution in [1.82, 2.24) is 9.72 Å². The number of fused-ring (bicyclic) bond motifs is 1. The van der Waals surface area contributed by atoms with Crippen molar-refractivity contribution in [2.45, 2.75) is 13.1 Å². The monoisotopic (exact) mass is 214 g/mol. The number of nitrogens with zero attached hydrogens (tertiary/aromatic N) is 2. The van der Waals surface area contributed by atoms with Gasteiger partial charge in [-0.25, -0.2) is 0 Å². The Labute approximate surface area is 94.5 Å². The van der Waals surface area contributed by atoms with Crippen molar-refractivity contribution < 1.29 is 0 Å². The van der Waals surface area contributed by atoms with Gasteiger partial charge in [0.2, 0.25) is 0 Å². The molecule has 1 atom stereocenters. The highest BCUT2D eigenvalue weighted by Gasteiger charge is 2.08. The molecule has 0 spiro atoms. The molecule has 82 valence electrons. The highest BCUT2D eigenvalue weighted by molar-refractivity contribution is 5.68. The lowest BCUT2D eigenvalue weighted by Crippen LogP contribution is -2.30. The van der Waals surface area contributed by atoms with Crippen molar-refractivity contribution in [3.05, 3.63) is 36.0 Å². The van der Waals surface area contributed by atoms with E-state index in [0.29, 0.717) is 5.56 Å². The quantitative estimate of drug-likeness (QED) is 0.766. The lowest BCUT2D eigenvalue weighted by molar-refractivity contribution is 0.678. The number of nitriles is 1. The number of anilines is 1. The van der Waals surface area contributed by atoms with Gasteiger partial charge in [-0.1, -0.05) is 6.07 Å². The van der Waals surface area contributed by atoms with Crippen LogP contribution in [0.1, 0.15) is 12.5 Å². The van der Waals surface area contributed by atoms with E-state index in [2.05, 4.69) is 16.7 Å². The Morgan fingerprint density at radius 1 is 1.44 bits per heavy atom. The van der Waals surface area contributed by atoms with E-state index >= 15 is 0 Å². The van der Waals surface area contributed by atoms with Crippen molar-refractivity contribution in [1.29, 1.82) is 5.26 Å². The van der Waals surface area contributed by atoms with Crippen LogP contribution in [-0.2, 0) is 0 Å². The first-order chi connectivity index (χ1) is 7.76. The number of nitrogens with one attached hydrogen (secondary N) is 2. The molecule has 0 radical (unpaired) electrons. The van der Waals surface area contributed by atoms with E-state index in [0.717, 1.165) is 11.3 Å². The summed E-state index contributed by atoms with van der Waals surface area (Å²) < 4.78 is 1.98. The average Bonchev–Trinajstić information content (AvgIpc) is 2.68. The number of hydrogen-bond acceptors (Lipinski definition) is 3. The Bertz CT molecular complexity index is 535. The summed E-state index contributed by atoms with van der Waals surface area (Å²) in [5.41, 5.74) is 1.61. The highest BCUT2D eigenvalue weighted by atomic mass is 15.2. The minimum Gasteiger partial charge on any atom is -0.356 e. The van der Waals surface area contributed by atoms with Gasteiger partial charge in [0, 0.05) is 6.20 Å². The molecule has 2 aromatic rings. The van der Waals surface area contributed by atoms with Gasteiger partial charge in [0.25, 0.3) is 0 Å². The summed E-state index contributed by atoms with van der Waals surface area (Å²) >= 11 is 0. The van der Waals surface area contributed by atoms with Gasteiger partial charge in [0.05, 0.1) is 17.2 Å². The molecule has 4 nitrogen and oxygen atoms in total. The van der Waals surface area contributed by atoms with E-state index in [9.17, 15) is 0 Å². The van der Waals surface area contributed by atoms with Gasteiger partial charge in [-0.2, -0.15) is 5.26 Å². The van der Waals surface area contributed by atoms with Crippen LogP contribution in [0.5, 0.6) is 0 Å². The molecule has 2 N–H and O–H groups in total. The average molecular weight is 214 g/mol. The van der Waals surface area contributed by atoms with E-state index in [1.165, 1.54) is 0 Å². The van der Waals surface area contributed by atoms with E-state index < -0.39 is 0 Å². The lowest BCUT2D eigenvalue weighted by Gasteiger charge is -2.13. The smallest absolute Gasteiger partial charge is 0.113 e. The maximum Gasteiger partial charge on any atom is 0.113 e. The molecule has 2 rings (SSSR count). The van der Waals surface area contributed by atoms with E-state index in [1.807, 2.05) is 48.8 Å². The van der Waals surface area contributed by atoms with Crippen molar-refractivity contribution >= 4 is 11.3 Å². The third-order valence-electron chi connectivity index (χ3n) is 2.59. The molecule has 0 aliphatic rings. The summed E-state index contributed by atoms with van der Waals surface area (Å²) in [6.45, 7) is 2.02. The second kappa shape index (κ2) is 4.25. The van der Waals surface area contributed by atoms with Crippen molar-refractivity contribution in [2.75, 3.05) is 12.4 Å². The fourth-order valence-electron chi connectivity index (χ4n) is 1.65. The van der Waals surface area contributed by atoms with Crippen LogP contribution < -0.4 is 10.6 Å². The Hall–Kier alpha value is -1.99. The first kappa shape index (κ1) is 10.5. The molecule has 16 heavy (non-hydrogen) atoms. The molecule has 0 saturated carbocycles. The molecule has 0 amide bonds. The molecule has 0 saturated heterocycles. The van der Waals surface area contributed by atoms with Crippen LogP contribution in [0.2, 0.25) is 0 Å². The predicted molar refractivity (Wildman–Crippen MR) is 64.3 cm³/mol. The van der Waals surface area contributed by atoms with Crippen LogP contribution in [0.15, 0.2) is 30.5 Å². The van der Waals surface area contributed by atoms with E-state index in [-0.39, 0.29) is 6.17 Å². The third-order valence-corrected chi connectivity index (χ3v) is 2.59. The molecule has 0 aromatic carbocycles. The number of rotatable bonds is 3. The summed E-state index contributed by atoms with van der Waals surface area (Å²) in [7, 11) is 1.89. The summed E-state index contributed by atoms with van der Waals surface area (Å²) in [5.74, 6) is 0.925. The predicted octanol–water partition coefficient (Wildman–Crippen LogP) is 1.79. The second-order valence-corrected chi connectivity index (χ2v) is 3.67. The molecular formula is C12H14N4. The van der Waals surface area contributed by atoms with Crippen LogP contribution >= 0.6 is 0 Å². The fourth-order valence-corrected chi connectivity index (χ4v) is 1.65. The Kier molecular flexibility index (Phi) is 2.80. The largest absolute Gasteiger partial charge is 0.356 e. The van der Waals surface area contributed by atoms with Crippen molar-refractivity contribution in [2.24, 2.45) is 0 Å². The summed E-state index contributed by atoms with van der Waals surface area (Å²) in [4.78, 5) is 0. The van der Waals surface area contributed by atoms with Gasteiger partial charge in [0.15, 0.2) is 0 Å². The van der Waals surface area contributed by atoms with Crippen molar-refractivity contribution in [3.8, 4) is 6.07 Å². The first-order valence-electron chi connectivity index (χ1n) is 5.20. The standard InChI is InChI=1S/C12H14N4/c1-9(14-2)15-12-7-10(8-13)11-5-3-4-6-16(11)12/h3-7,9,14-15H,1-2H3/t9-/m1/s1. The second-order valence-electron chi connectivity index (χ2n) is 3.67. The fraction of sp³-hybridized carbons (Fsp3) is 0.250. The normalized spacial score (nSPS) is 12.3. The molecule has 2 heterocycles. The minimum absolute atomic E-state index is 0.157. The summed E-state index contributed by atoms with van der Waals surface area (Å²) in [6, 6.07) is 9.88. The molecule has 0 bridgehead atoms. The van der Waals surface area contributed by atoms with E-state index in [4.69, 9.17) is 5.26 Å². The first-order valence-corrected chi connectivity index (χ1v) is 5.20. The van der Waals surface area contributed by atoms with Crippen LogP contribution in [0.3, 0.4) is 0 Å². The Balaban J connectivity index is 2.50. The molecule has 0 unspecified atom stereocenters. The molecule has 0 aliphatic heterocycles. The SMILES string of the molecule is CN[C@@H](C)Nc1cc(C#N)c2ccccn12. The zero-order valence-electron chi connectivity index (χ0n) is 9.36. The maximum atomic E-state index is 9.03. The van der Waals surface area contributed by atoms with Gasteiger partial charge in [-0.3, -0.25) is 0 Å². The molecular weight excluding hydrogens is 200 g/mol. The van der Waals surface area contributed by atoms with Crippen LogP contribution in [-0.4, -0.2) is 17.6 Å². The van der Waals surface area contributed by atoms with E-state index in [1.54, 1.807) is 0 Å². The molecule has 0 aliphatic carbocycles. The number of pyridine rings is 1. The minimum atomic E-state index is 0.157. The summed E-state index contributed by atoms with van der Waals surface area (Å²) in [5, 5.41) is 15.4. The van der Waals surface area contributed by atoms with Gasteiger partial charge in [0.1, 0.15) is 11.9 Å². The third kappa shape index (κ3) is 1.73. The molecule has 2 aromatic heterocycles. The summed E-state index contributed by atoms with van der Waals surface area (Å²) in [6.07, 6.45) is 2.10. The van der Waals surface area contributed by atoms with Gasteiger partial charge >= 0.3 is 0 Å². The highest BCUT2D eigenvalue weighted by Crippen LogP contribution is 2.20. The topological polar surface area (TPSA) is 52.3 Å². The number of hydrogen-bond donors (Lipinski definition) is 2. The zero-order chi connectivity index (χ0) is 11.5. The van der Waals surface area contributed by atoms with Crippen molar-refractivity contribution in [3.63, 3.8) is 0 Å². The molecule has 0 fully saturated rings. The van der Waals surface area contributed by atoms with Crippen LogP contribution in [0.4, 0.5) is 5.82 Å². The van der Waals surface area contributed by atoms with Gasteiger partial charge in [-0.15, -0.1) is 0 Å². The van der Waals surface area contributed by atoms with Gasteiger partial charge < -0.3 is 15.0 Å². The molecule has 4 heteroatoms. The number of aromatic nitrogens is 1. The Morgan fingerprint density at radius 3 is 2.94 bits per heavy atom. The van der Waals surface area contributed by atoms with Gasteiger partial charge in [-0.05, 0) is 32.2 Å². The Morgan fingerprint density at radius 2 is 2.25 bits per heavy atom.